The van der Waals surface area contributed by atoms with Crippen LogP contribution in [0.25, 0.3) is 11.0 Å². The fourth-order valence-corrected chi connectivity index (χ4v) is 2.58. The number of fused-ring (bicyclic) bond motifs is 1. The molecule has 0 saturated heterocycles. The van der Waals surface area contributed by atoms with Crippen LogP contribution in [0.1, 0.15) is 41.5 Å². The molecule has 0 aliphatic heterocycles. The summed E-state index contributed by atoms with van der Waals surface area (Å²) < 4.78 is 15.4. The Bertz CT molecular complexity index is 930. The second-order valence-electron chi connectivity index (χ2n) is 6.15. The Balaban J connectivity index is 2.01. The van der Waals surface area contributed by atoms with Crippen LogP contribution in [0.2, 0.25) is 0 Å². The molecule has 24 heavy (non-hydrogen) atoms. The molecule has 3 rings (SSSR count). The zero-order valence-corrected chi connectivity index (χ0v) is 14.1. The summed E-state index contributed by atoms with van der Waals surface area (Å²) >= 11 is 0. The predicted octanol–water partition coefficient (Wildman–Crippen LogP) is 4.02. The molecule has 0 aliphatic rings. The molecule has 124 valence electrons. The van der Waals surface area contributed by atoms with E-state index in [0.717, 1.165) is 5.69 Å². The normalized spacial score (nSPS) is 11.2. The van der Waals surface area contributed by atoms with E-state index in [2.05, 4.69) is 15.4 Å². The molecular weight excluding hydrogens is 307 g/mol. The van der Waals surface area contributed by atoms with Gasteiger partial charge in [0.25, 0.3) is 5.91 Å². The summed E-state index contributed by atoms with van der Waals surface area (Å²) in [6.45, 7) is 7.52. The number of benzene rings is 1. The fourth-order valence-electron chi connectivity index (χ4n) is 2.58. The van der Waals surface area contributed by atoms with Gasteiger partial charge in [0.2, 0.25) is 0 Å². The van der Waals surface area contributed by atoms with Crippen molar-refractivity contribution < 1.29 is 9.18 Å². The number of aryl methyl sites for hydroxylation is 2. The highest BCUT2D eigenvalue weighted by Gasteiger charge is 2.17. The number of amides is 1. The molecule has 5 nitrogen and oxygen atoms in total. The summed E-state index contributed by atoms with van der Waals surface area (Å²) in [5, 5.41) is 7.75. The van der Waals surface area contributed by atoms with Crippen molar-refractivity contribution in [2.24, 2.45) is 0 Å². The predicted molar refractivity (Wildman–Crippen MR) is 91.7 cm³/mol. The van der Waals surface area contributed by atoms with Gasteiger partial charge >= 0.3 is 0 Å². The minimum atomic E-state index is -0.350. The fraction of sp³-hybridized carbons (Fsp3) is 0.278. The number of nitrogens with one attached hydrogen (secondary N) is 1. The summed E-state index contributed by atoms with van der Waals surface area (Å²) in [5.41, 5.74) is 2.83. The van der Waals surface area contributed by atoms with Crippen molar-refractivity contribution in [3.63, 3.8) is 0 Å². The molecule has 1 amide bonds. The van der Waals surface area contributed by atoms with Crippen molar-refractivity contribution >= 4 is 22.6 Å². The lowest BCUT2D eigenvalue weighted by Crippen LogP contribution is -2.13. The second-order valence-corrected chi connectivity index (χ2v) is 6.15. The molecule has 0 saturated carbocycles. The molecule has 2 heterocycles. The lowest BCUT2D eigenvalue weighted by Gasteiger charge is -2.10. The van der Waals surface area contributed by atoms with Gasteiger partial charge in [-0.05, 0) is 51.5 Å². The van der Waals surface area contributed by atoms with Gasteiger partial charge in [-0.3, -0.25) is 4.79 Å². The quantitative estimate of drug-likeness (QED) is 0.791. The van der Waals surface area contributed by atoms with E-state index in [9.17, 15) is 9.18 Å². The average molecular weight is 326 g/mol. The van der Waals surface area contributed by atoms with Crippen LogP contribution in [0.4, 0.5) is 10.1 Å². The Morgan fingerprint density at radius 1 is 1.25 bits per heavy atom. The minimum Gasteiger partial charge on any atom is -0.322 e. The first kappa shape index (κ1) is 16.1. The molecular formula is C18H19FN4O. The lowest BCUT2D eigenvalue weighted by atomic mass is 10.1. The monoisotopic (exact) mass is 326 g/mol. The third kappa shape index (κ3) is 2.87. The molecule has 0 bridgehead atoms. The van der Waals surface area contributed by atoms with E-state index >= 15 is 0 Å². The Morgan fingerprint density at radius 3 is 2.67 bits per heavy atom. The number of anilines is 1. The summed E-state index contributed by atoms with van der Waals surface area (Å²) in [5.74, 6) is -0.659. The number of carbonyl (C=O) groups is 1. The third-order valence-electron chi connectivity index (χ3n) is 3.86. The second kappa shape index (κ2) is 6.03. The number of rotatable bonds is 3. The van der Waals surface area contributed by atoms with Crippen LogP contribution < -0.4 is 5.32 Å². The van der Waals surface area contributed by atoms with Gasteiger partial charge in [0.1, 0.15) is 5.82 Å². The van der Waals surface area contributed by atoms with Crippen LogP contribution in [-0.2, 0) is 0 Å². The number of aromatic nitrogens is 3. The van der Waals surface area contributed by atoms with E-state index in [1.165, 1.54) is 6.07 Å². The topological polar surface area (TPSA) is 59.8 Å². The first-order valence-electron chi connectivity index (χ1n) is 7.79. The van der Waals surface area contributed by atoms with Crippen molar-refractivity contribution in [3.05, 3.63) is 53.1 Å². The lowest BCUT2D eigenvalue weighted by molar-refractivity contribution is 0.102. The van der Waals surface area contributed by atoms with E-state index in [1.54, 1.807) is 36.0 Å². The van der Waals surface area contributed by atoms with Gasteiger partial charge in [-0.2, -0.15) is 5.10 Å². The first-order chi connectivity index (χ1) is 11.4. The molecule has 2 aromatic heterocycles. The summed E-state index contributed by atoms with van der Waals surface area (Å²) in [4.78, 5) is 17.2. The smallest absolute Gasteiger partial charge is 0.256 e. The van der Waals surface area contributed by atoms with E-state index in [0.29, 0.717) is 27.8 Å². The highest BCUT2D eigenvalue weighted by atomic mass is 19.1. The van der Waals surface area contributed by atoms with E-state index in [-0.39, 0.29) is 17.8 Å². The van der Waals surface area contributed by atoms with Gasteiger partial charge in [0.05, 0.1) is 17.1 Å². The zero-order valence-electron chi connectivity index (χ0n) is 14.1. The SMILES string of the molecule is Cc1cc(C(=O)Nc2ccc(C)c(F)c2)c2cnn(C(C)C)c2n1. The van der Waals surface area contributed by atoms with E-state index in [4.69, 9.17) is 0 Å². The highest BCUT2D eigenvalue weighted by Crippen LogP contribution is 2.22. The first-order valence-corrected chi connectivity index (χ1v) is 7.79. The zero-order chi connectivity index (χ0) is 17.4. The molecule has 1 N–H and O–H groups in total. The van der Waals surface area contributed by atoms with Crippen LogP contribution >= 0.6 is 0 Å². The third-order valence-corrected chi connectivity index (χ3v) is 3.86. The van der Waals surface area contributed by atoms with Gasteiger partial charge < -0.3 is 5.32 Å². The maximum atomic E-state index is 13.7. The molecule has 0 fully saturated rings. The molecule has 1 aromatic carbocycles. The summed E-state index contributed by atoms with van der Waals surface area (Å²) in [6, 6.07) is 6.48. The molecule has 6 heteroatoms. The van der Waals surface area contributed by atoms with Crippen LogP contribution in [0.3, 0.4) is 0 Å². The molecule has 0 radical (unpaired) electrons. The van der Waals surface area contributed by atoms with Crippen molar-refractivity contribution in [3.8, 4) is 0 Å². The molecule has 3 aromatic rings. The van der Waals surface area contributed by atoms with Gasteiger partial charge in [0, 0.05) is 17.4 Å². The summed E-state index contributed by atoms with van der Waals surface area (Å²) in [6.07, 6.45) is 1.65. The van der Waals surface area contributed by atoms with Gasteiger partial charge in [0.15, 0.2) is 5.65 Å². The van der Waals surface area contributed by atoms with Gasteiger partial charge in [-0.1, -0.05) is 6.07 Å². The number of hydrogen-bond donors (Lipinski definition) is 1. The standard InChI is InChI=1S/C18H19FN4O/c1-10(2)23-17-15(9-20-23)14(7-12(4)21-17)18(24)22-13-6-5-11(3)16(19)8-13/h5-10H,1-4H3,(H,22,24). The summed E-state index contributed by atoms with van der Waals surface area (Å²) in [7, 11) is 0. The average Bonchev–Trinajstić information content (AvgIpc) is 2.93. The van der Waals surface area contributed by atoms with E-state index in [1.807, 2.05) is 20.8 Å². The number of carbonyl (C=O) groups excluding carboxylic acids is 1. The van der Waals surface area contributed by atoms with E-state index < -0.39 is 0 Å². The van der Waals surface area contributed by atoms with Crippen molar-refractivity contribution in [1.29, 1.82) is 0 Å². The van der Waals surface area contributed by atoms with Gasteiger partial charge in [-0.15, -0.1) is 0 Å². The molecule has 0 spiro atoms. The van der Waals surface area contributed by atoms with Crippen molar-refractivity contribution in [2.75, 3.05) is 5.32 Å². The maximum absolute atomic E-state index is 13.7. The van der Waals surface area contributed by atoms with Crippen molar-refractivity contribution in [2.45, 2.75) is 33.7 Å². The number of hydrogen-bond acceptors (Lipinski definition) is 3. The van der Waals surface area contributed by atoms with Crippen LogP contribution in [-0.4, -0.2) is 20.7 Å². The van der Waals surface area contributed by atoms with Crippen LogP contribution in [0.5, 0.6) is 0 Å². The molecule has 0 atom stereocenters. The molecule has 0 aliphatic carbocycles. The number of pyridine rings is 1. The highest BCUT2D eigenvalue weighted by molar-refractivity contribution is 6.12. The van der Waals surface area contributed by atoms with Crippen LogP contribution in [0.15, 0.2) is 30.5 Å². The number of nitrogens with zero attached hydrogens (tertiary/aromatic N) is 3. The molecule has 0 unspecified atom stereocenters. The van der Waals surface area contributed by atoms with Gasteiger partial charge in [-0.25, -0.2) is 14.1 Å². The maximum Gasteiger partial charge on any atom is 0.256 e. The Labute approximate surface area is 139 Å². The number of halogens is 1. The van der Waals surface area contributed by atoms with Crippen LogP contribution in [0, 0.1) is 19.7 Å². The Kier molecular flexibility index (Phi) is 4.05. The van der Waals surface area contributed by atoms with Crippen molar-refractivity contribution in [1.82, 2.24) is 14.8 Å². The minimum absolute atomic E-state index is 0.138. The largest absolute Gasteiger partial charge is 0.322 e. The Morgan fingerprint density at radius 2 is 2.00 bits per heavy atom. The Hall–Kier alpha value is -2.76.